The zero-order valence-electron chi connectivity index (χ0n) is 22.0. The van der Waals surface area contributed by atoms with E-state index in [1.165, 1.54) is 116 Å². The summed E-state index contributed by atoms with van der Waals surface area (Å²) in [6, 6.07) is 0. The molecule has 0 aliphatic rings. The van der Waals surface area contributed by atoms with Crippen LogP contribution in [0.15, 0.2) is 0 Å². The molecule has 0 saturated carbocycles. The molecule has 0 spiro atoms. The van der Waals surface area contributed by atoms with Crippen molar-refractivity contribution in [1.82, 2.24) is 0 Å². The molecule has 0 atom stereocenters. The van der Waals surface area contributed by atoms with Crippen molar-refractivity contribution >= 4 is 26.3 Å². The third-order valence-corrected chi connectivity index (χ3v) is 18.5. The molecule has 0 aromatic rings. The Kier molecular flexibility index (Phi) is 20.4. The van der Waals surface area contributed by atoms with Crippen molar-refractivity contribution in [2.24, 2.45) is 5.92 Å². The Labute approximate surface area is 206 Å². The van der Waals surface area contributed by atoms with Gasteiger partial charge in [0.1, 0.15) is 0 Å². The third-order valence-electron chi connectivity index (χ3n) is 7.03. The molecule has 0 heterocycles. The molecule has 0 fully saturated rings. The van der Waals surface area contributed by atoms with E-state index in [2.05, 4.69) is 56.7 Å². The second-order valence-electron chi connectivity index (χ2n) is 10.9. The zero-order chi connectivity index (χ0) is 22.6. The van der Waals surface area contributed by atoms with Crippen molar-refractivity contribution in [3.63, 3.8) is 0 Å². The summed E-state index contributed by atoms with van der Waals surface area (Å²) >= 11 is 3.16. The van der Waals surface area contributed by atoms with E-state index in [4.69, 9.17) is 0 Å². The first-order valence-electron chi connectivity index (χ1n) is 14.1. The van der Waals surface area contributed by atoms with Gasteiger partial charge < -0.3 is 0 Å². The van der Waals surface area contributed by atoms with Crippen LogP contribution in [0.3, 0.4) is 0 Å². The minimum atomic E-state index is -1.59. The van der Waals surface area contributed by atoms with E-state index in [9.17, 15) is 0 Å². The van der Waals surface area contributed by atoms with Gasteiger partial charge in [0.25, 0.3) is 0 Å². The van der Waals surface area contributed by atoms with Gasteiger partial charge in [0.05, 0.1) is 0 Å². The van der Waals surface area contributed by atoms with Gasteiger partial charge in [-0.1, -0.05) is 0 Å². The van der Waals surface area contributed by atoms with Crippen LogP contribution in [0.2, 0.25) is 0 Å². The third kappa shape index (κ3) is 16.7. The van der Waals surface area contributed by atoms with Gasteiger partial charge in [-0.05, 0) is 0 Å². The second-order valence-corrected chi connectivity index (χ2v) is 24.4. The molecule has 184 valence electrons. The Hall–Kier alpha value is 1.16. The first kappa shape index (κ1) is 31.2. The molecule has 0 amide bonds. The van der Waals surface area contributed by atoms with Gasteiger partial charge in [-0.25, -0.2) is 0 Å². The van der Waals surface area contributed by atoms with Gasteiger partial charge >= 0.3 is 207 Å². The van der Waals surface area contributed by atoms with E-state index in [1.54, 1.807) is 24.6 Å². The van der Waals surface area contributed by atoms with Crippen molar-refractivity contribution in [1.29, 1.82) is 0 Å². The van der Waals surface area contributed by atoms with E-state index in [1.807, 2.05) is 0 Å². The van der Waals surface area contributed by atoms with Gasteiger partial charge in [-0.2, -0.15) is 0 Å². The summed E-state index contributed by atoms with van der Waals surface area (Å²) in [4.78, 5) is 0. The van der Waals surface area contributed by atoms with Crippen LogP contribution in [0.5, 0.6) is 0 Å². The molecule has 0 aliphatic carbocycles. The van der Waals surface area contributed by atoms with Crippen molar-refractivity contribution in [2.45, 2.75) is 150 Å². The fourth-order valence-electron chi connectivity index (χ4n) is 5.38. The summed E-state index contributed by atoms with van der Waals surface area (Å²) in [7, 11) is 0. The Balaban J connectivity index is 4.85. The van der Waals surface area contributed by atoms with E-state index in [-0.39, 0.29) is 0 Å². The van der Waals surface area contributed by atoms with Crippen LogP contribution in [0.25, 0.3) is 0 Å². The molecule has 0 aromatic carbocycles. The van der Waals surface area contributed by atoms with Crippen LogP contribution in [0.4, 0.5) is 0 Å². The monoisotopic (exact) mass is 554 g/mol. The van der Waals surface area contributed by atoms with Crippen LogP contribution < -0.4 is 0 Å². The Bertz CT molecular complexity index is 322. The van der Waals surface area contributed by atoms with Gasteiger partial charge in [-0.3, -0.25) is 0 Å². The molecular weight excluding hydrogens is 494 g/mol. The maximum atomic E-state index is 3.16. The molecule has 0 nitrogen and oxygen atoms in total. The van der Waals surface area contributed by atoms with Crippen LogP contribution in [-0.2, 0) is 0 Å². The molecule has 0 unspecified atom stereocenters. The van der Waals surface area contributed by atoms with Crippen molar-refractivity contribution < 1.29 is 0 Å². The molecule has 0 saturated heterocycles. The standard InChI is InChI=1S/C28H60IP/c1-6-9-12-15-18-21-24-30(29,27-28(4)5,25-22-19-16-13-10-7-2)26-23-20-17-14-11-8-3/h28H,6-27H2,1-5H3. The summed E-state index contributed by atoms with van der Waals surface area (Å²) < 4.78 is -1.59. The quantitative estimate of drug-likeness (QED) is 0.0669. The van der Waals surface area contributed by atoms with Crippen molar-refractivity contribution in [3.8, 4) is 0 Å². The van der Waals surface area contributed by atoms with Crippen LogP contribution in [-0.4, -0.2) is 24.6 Å². The van der Waals surface area contributed by atoms with Gasteiger partial charge in [-0.15, -0.1) is 0 Å². The zero-order valence-corrected chi connectivity index (χ0v) is 25.0. The molecule has 30 heavy (non-hydrogen) atoms. The maximum absolute atomic E-state index is 3.16. The summed E-state index contributed by atoms with van der Waals surface area (Å²) in [6.07, 6.45) is 32.6. The van der Waals surface area contributed by atoms with E-state index in [0.717, 1.165) is 5.92 Å². The van der Waals surface area contributed by atoms with Gasteiger partial charge in [0, 0.05) is 0 Å². The molecule has 0 bridgehead atoms. The molecule has 2 heteroatoms. The first-order valence-corrected chi connectivity index (χ1v) is 19.9. The van der Waals surface area contributed by atoms with Crippen LogP contribution in [0.1, 0.15) is 150 Å². The normalized spacial score (nSPS) is 13.6. The Morgan fingerprint density at radius 1 is 0.467 bits per heavy atom. The molecule has 0 radical (unpaired) electrons. The Morgan fingerprint density at radius 2 is 0.733 bits per heavy atom. The van der Waals surface area contributed by atoms with Gasteiger partial charge in [0.2, 0.25) is 0 Å². The molecule has 0 N–H and O–H groups in total. The second kappa shape index (κ2) is 19.6. The number of hydrogen-bond acceptors (Lipinski definition) is 0. The molecular formula is C28H60IP. The van der Waals surface area contributed by atoms with Gasteiger partial charge in [0.15, 0.2) is 0 Å². The van der Waals surface area contributed by atoms with Crippen LogP contribution >= 0.6 is 26.3 Å². The number of hydrogen-bond donors (Lipinski definition) is 0. The SMILES string of the molecule is CCCCCCCCP(I)(CCCCCCCC)(CCCCCCCC)CC(C)C. The summed E-state index contributed by atoms with van der Waals surface area (Å²) in [5.41, 5.74) is 0. The number of unbranched alkanes of at least 4 members (excludes halogenated alkanes) is 15. The minimum absolute atomic E-state index is 0.875. The van der Waals surface area contributed by atoms with E-state index >= 15 is 0 Å². The predicted octanol–water partition coefficient (Wildman–Crippen LogP) is 11.6. The van der Waals surface area contributed by atoms with E-state index in [0.29, 0.717) is 0 Å². The Morgan fingerprint density at radius 3 is 1.00 bits per heavy atom. The fraction of sp³-hybridized carbons (Fsp3) is 1.00. The summed E-state index contributed by atoms with van der Waals surface area (Å²) in [5, 5.41) is 0. The van der Waals surface area contributed by atoms with E-state index < -0.39 is 4.25 Å². The molecule has 0 aromatic heterocycles. The van der Waals surface area contributed by atoms with Crippen molar-refractivity contribution in [2.75, 3.05) is 24.6 Å². The molecule has 0 aliphatic heterocycles. The fourth-order valence-corrected chi connectivity index (χ4v) is 16.9. The molecule has 0 rings (SSSR count). The average molecular weight is 555 g/mol. The predicted molar refractivity (Wildman–Crippen MR) is 155 cm³/mol. The van der Waals surface area contributed by atoms with Crippen LogP contribution in [0, 0.1) is 5.92 Å². The number of halogens is 1. The van der Waals surface area contributed by atoms with Crippen molar-refractivity contribution in [3.05, 3.63) is 0 Å². The summed E-state index contributed by atoms with van der Waals surface area (Å²) in [5.74, 6) is 0.875. The topological polar surface area (TPSA) is 0 Å². The first-order chi connectivity index (χ1) is 14.4. The average Bonchev–Trinajstić information content (AvgIpc) is 2.70. The number of rotatable bonds is 23. The summed E-state index contributed by atoms with van der Waals surface area (Å²) in [6.45, 7) is 12.0.